The standard InChI is InChI=1S/C15H26N2O/c1-10-9-14(18-5)11(2)12(3)15(10)13(17-4)7-6-8-16/h9,13,17H,6-8,16H2,1-5H3. The van der Waals surface area contributed by atoms with Crippen molar-refractivity contribution >= 4 is 0 Å². The molecule has 3 nitrogen and oxygen atoms in total. The highest BCUT2D eigenvalue weighted by atomic mass is 16.5. The molecule has 0 aliphatic heterocycles. The van der Waals surface area contributed by atoms with Gasteiger partial charge < -0.3 is 15.8 Å². The first-order valence-corrected chi connectivity index (χ1v) is 6.58. The van der Waals surface area contributed by atoms with Gasteiger partial charge in [-0.3, -0.25) is 0 Å². The Kier molecular flexibility index (Phi) is 5.63. The Morgan fingerprint density at radius 3 is 2.44 bits per heavy atom. The second kappa shape index (κ2) is 6.76. The zero-order chi connectivity index (χ0) is 13.7. The van der Waals surface area contributed by atoms with Crippen molar-refractivity contribution < 1.29 is 4.74 Å². The Balaban J connectivity index is 3.18. The lowest BCUT2D eigenvalue weighted by Gasteiger charge is -2.23. The van der Waals surface area contributed by atoms with Crippen LogP contribution in [0.1, 0.15) is 41.1 Å². The Morgan fingerprint density at radius 2 is 1.94 bits per heavy atom. The minimum Gasteiger partial charge on any atom is -0.496 e. The average molecular weight is 250 g/mol. The molecule has 1 atom stereocenters. The lowest BCUT2D eigenvalue weighted by Crippen LogP contribution is -2.20. The Morgan fingerprint density at radius 1 is 1.28 bits per heavy atom. The number of benzene rings is 1. The third-order valence-corrected chi connectivity index (χ3v) is 3.72. The van der Waals surface area contributed by atoms with Crippen LogP contribution < -0.4 is 15.8 Å². The lowest BCUT2D eigenvalue weighted by molar-refractivity contribution is 0.410. The molecule has 0 radical (unpaired) electrons. The first kappa shape index (κ1) is 15.0. The summed E-state index contributed by atoms with van der Waals surface area (Å²) in [5.41, 5.74) is 10.8. The summed E-state index contributed by atoms with van der Waals surface area (Å²) in [6, 6.07) is 2.50. The average Bonchev–Trinajstić information content (AvgIpc) is 2.37. The highest BCUT2D eigenvalue weighted by Crippen LogP contribution is 2.32. The molecule has 1 aromatic rings. The molecule has 0 saturated heterocycles. The molecule has 0 aliphatic rings. The first-order chi connectivity index (χ1) is 8.56. The predicted octanol–water partition coefficient (Wildman–Crippen LogP) is 2.62. The van der Waals surface area contributed by atoms with Crippen molar-refractivity contribution in [3.63, 3.8) is 0 Å². The SMILES string of the molecule is CNC(CCCN)c1c(C)cc(OC)c(C)c1C. The maximum atomic E-state index is 5.61. The van der Waals surface area contributed by atoms with E-state index in [4.69, 9.17) is 10.5 Å². The van der Waals surface area contributed by atoms with Gasteiger partial charge in [-0.2, -0.15) is 0 Å². The van der Waals surface area contributed by atoms with Crippen molar-refractivity contribution in [1.82, 2.24) is 5.32 Å². The van der Waals surface area contributed by atoms with Crippen LogP contribution in [0.3, 0.4) is 0 Å². The molecule has 0 spiro atoms. The molecule has 1 rings (SSSR count). The van der Waals surface area contributed by atoms with Gasteiger partial charge in [0.2, 0.25) is 0 Å². The maximum Gasteiger partial charge on any atom is 0.122 e. The number of hydrogen-bond donors (Lipinski definition) is 2. The van der Waals surface area contributed by atoms with E-state index in [1.165, 1.54) is 22.3 Å². The minimum absolute atomic E-state index is 0.373. The quantitative estimate of drug-likeness (QED) is 0.816. The van der Waals surface area contributed by atoms with Crippen molar-refractivity contribution in [3.8, 4) is 5.75 Å². The maximum absolute atomic E-state index is 5.61. The third kappa shape index (κ3) is 3.03. The van der Waals surface area contributed by atoms with Gasteiger partial charge in [-0.25, -0.2) is 0 Å². The van der Waals surface area contributed by atoms with Crippen LogP contribution in [0.5, 0.6) is 5.75 Å². The lowest BCUT2D eigenvalue weighted by atomic mass is 9.90. The number of nitrogens with one attached hydrogen (secondary N) is 1. The fourth-order valence-electron chi connectivity index (χ4n) is 2.57. The van der Waals surface area contributed by atoms with Crippen LogP contribution in [0.2, 0.25) is 0 Å². The molecule has 102 valence electrons. The highest BCUT2D eigenvalue weighted by Gasteiger charge is 2.17. The summed E-state index contributed by atoms with van der Waals surface area (Å²) < 4.78 is 5.42. The summed E-state index contributed by atoms with van der Waals surface area (Å²) in [6.07, 6.45) is 2.11. The largest absolute Gasteiger partial charge is 0.496 e. The molecule has 0 aromatic heterocycles. The molecule has 1 unspecified atom stereocenters. The molecule has 0 aliphatic carbocycles. The van der Waals surface area contributed by atoms with Gasteiger partial charge in [0.15, 0.2) is 0 Å². The van der Waals surface area contributed by atoms with Crippen LogP contribution >= 0.6 is 0 Å². The smallest absolute Gasteiger partial charge is 0.122 e. The van der Waals surface area contributed by atoms with Gasteiger partial charge in [0, 0.05) is 6.04 Å². The fraction of sp³-hybridized carbons (Fsp3) is 0.600. The zero-order valence-electron chi connectivity index (χ0n) is 12.3. The zero-order valence-corrected chi connectivity index (χ0v) is 12.3. The van der Waals surface area contributed by atoms with Crippen LogP contribution in [-0.2, 0) is 0 Å². The summed E-state index contributed by atoms with van der Waals surface area (Å²) in [4.78, 5) is 0. The first-order valence-electron chi connectivity index (χ1n) is 6.58. The summed E-state index contributed by atoms with van der Waals surface area (Å²) in [5.74, 6) is 0.974. The Labute approximate surface area is 111 Å². The number of nitrogens with two attached hydrogens (primary N) is 1. The van der Waals surface area contributed by atoms with Crippen LogP contribution in [0.4, 0.5) is 0 Å². The molecule has 3 N–H and O–H groups in total. The monoisotopic (exact) mass is 250 g/mol. The molecule has 3 heteroatoms. The fourth-order valence-corrected chi connectivity index (χ4v) is 2.57. The molecular weight excluding hydrogens is 224 g/mol. The summed E-state index contributed by atoms with van der Waals surface area (Å²) in [7, 11) is 3.74. The number of rotatable bonds is 6. The van der Waals surface area contributed by atoms with E-state index in [1.807, 2.05) is 7.05 Å². The van der Waals surface area contributed by atoms with Crippen molar-refractivity contribution in [2.75, 3.05) is 20.7 Å². The molecule has 1 aromatic carbocycles. The molecule has 0 saturated carbocycles. The van der Waals surface area contributed by atoms with E-state index in [2.05, 4.69) is 32.2 Å². The van der Waals surface area contributed by atoms with Crippen LogP contribution in [0, 0.1) is 20.8 Å². The summed E-state index contributed by atoms with van der Waals surface area (Å²) in [5, 5.41) is 3.40. The Hall–Kier alpha value is -1.06. The van der Waals surface area contributed by atoms with Gasteiger partial charge in [-0.05, 0) is 75.5 Å². The second-order valence-corrected chi connectivity index (χ2v) is 4.83. The van der Waals surface area contributed by atoms with E-state index in [0.717, 1.165) is 25.1 Å². The van der Waals surface area contributed by atoms with E-state index in [0.29, 0.717) is 6.04 Å². The number of aryl methyl sites for hydroxylation is 1. The van der Waals surface area contributed by atoms with Crippen LogP contribution in [0.15, 0.2) is 6.07 Å². The summed E-state index contributed by atoms with van der Waals surface area (Å²) >= 11 is 0. The van der Waals surface area contributed by atoms with Crippen molar-refractivity contribution in [2.24, 2.45) is 5.73 Å². The summed E-state index contributed by atoms with van der Waals surface area (Å²) in [6.45, 7) is 7.18. The number of hydrogen-bond acceptors (Lipinski definition) is 3. The van der Waals surface area contributed by atoms with Crippen molar-refractivity contribution in [1.29, 1.82) is 0 Å². The van der Waals surface area contributed by atoms with Crippen LogP contribution in [-0.4, -0.2) is 20.7 Å². The Bertz CT molecular complexity index is 402. The molecule has 0 amide bonds. The number of methoxy groups -OCH3 is 1. The molecule has 0 bridgehead atoms. The predicted molar refractivity (Wildman–Crippen MR) is 77.3 cm³/mol. The molecule has 0 fully saturated rings. The van der Waals surface area contributed by atoms with E-state index in [1.54, 1.807) is 7.11 Å². The van der Waals surface area contributed by atoms with Gasteiger partial charge in [0.25, 0.3) is 0 Å². The normalized spacial score (nSPS) is 12.6. The van der Waals surface area contributed by atoms with Gasteiger partial charge in [0.05, 0.1) is 7.11 Å². The second-order valence-electron chi connectivity index (χ2n) is 4.83. The highest BCUT2D eigenvalue weighted by molar-refractivity contribution is 5.49. The van der Waals surface area contributed by atoms with Crippen molar-refractivity contribution in [3.05, 3.63) is 28.3 Å². The van der Waals surface area contributed by atoms with E-state index in [-0.39, 0.29) is 0 Å². The molecular formula is C15H26N2O. The molecule has 0 heterocycles. The molecule has 18 heavy (non-hydrogen) atoms. The van der Waals surface area contributed by atoms with Crippen molar-refractivity contribution in [2.45, 2.75) is 39.7 Å². The third-order valence-electron chi connectivity index (χ3n) is 3.72. The van der Waals surface area contributed by atoms with Crippen LogP contribution in [0.25, 0.3) is 0 Å². The minimum atomic E-state index is 0.373. The van der Waals surface area contributed by atoms with Gasteiger partial charge in [-0.1, -0.05) is 0 Å². The van der Waals surface area contributed by atoms with E-state index < -0.39 is 0 Å². The van der Waals surface area contributed by atoms with E-state index >= 15 is 0 Å². The topological polar surface area (TPSA) is 47.3 Å². The van der Waals surface area contributed by atoms with Gasteiger partial charge >= 0.3 is 0 Å². The van der Waals surface area contributed by atoms with E-state index in [9.17, 15) is 0 Å². The van der Waals surface area contributed by atoms with Gasteiger partial charge in [-0.15, -0.1) is 0 Å². The number of ether oxygens (including phenoxy) is 1. The van der Waals surface area contributed by atoms with Gasteiger partial charge in [0.1, 0.15) is 5.75 Å².